The van der Waals surface area contributed by atoms with Gasteiger partial charge in [-0.05, 0) is 238 Å². The van der Waals surface area contributed by atoms with Crippen LogP contribution in [0.4, 0.5) is 51.2 Å². The molecule has 0 aliphatic heterocycles. The van der Waals surface area contributed by atoms with Crippen molar-refractivity contribution in [3.63, 3.8) is 0 Å². The summed E-state index contributed by atoms with van der Waals surface area (Å²) in [6.07, 6.45) is 0. The third-order valence-corrected chi connectivity index (χ3v) is 32.8. The smallest absolute Gasteiger partial charge is 0.143 e. The maximum absolute atomic E-state index is 6.36. The van der Waals surface area contributed by atoms with Gasteiger partial charge in [0.05, 0.1) is 5.69 Å². The maximum Gasteiger partial charge on any atom is 0.143 e. The van der Waals surface area contributed by atoms with Gasteiger partial charge < -0.3 is 19.1 Å². The largest absolute Gasteiger partial charge is 0.455 e. The predicted octanol–water partition coefficient (Wildman–Crippen LogP) is 42.4. The van der Waals surface area contributed by atoms with Crippen LogP contribution in [-0.4, -0.2) is 0 Å². The van der Waals surface area contributed by atoms with Gasteiger partial charge in [-0.3, -0.25) is 0 Å². The van der Waals surface area contributed by atoms with Crippen LogP contribution in [0.5, 0.6) is 0 Å². The summed E-state index contributed by atoms with van der Waals surface area (Å²) in [5.74, 6) is 0. The lowest BCUT2D eigenvalue weighted by molar-refractivity contribution is 0.670. The zero-order valence-electron chi connectivity index (χ0n) is 81.2. The van der Waals surface area contributed by atoms with E-state index in [0.717, 1.165) is 84.3 Å². The van der Waals surface area contributed by atoms with E-state index in [1.807, 2.05) is 46.1 Å². The van der Waals surface area contributed by atoms with Gasteiger partial charge >= 0.3 is 0 Å². The molecule has 7 heteroatoms. The van der Waals surface area contributed by atoms with Gasteiger partial charge in [-0.25, -0.2) is 0 Å². The van der Waals surface area contributed by atoms with Crippen LogP contribution in [0.3, 0.4) is 0 Å². The van der Waals surface area contributed by atoms with E-state index in [0.29, 0.717) is 0 Å². The maximum atomic E-state index is 6.36. The highest BCUT2D eigenvalue weighted by Crippen LogP contribution is 2.52. The molecule has 0 saturated heterocycles. The molecule has 0 fully saturated rings. The fourth-order valence-corrected chi connectivity index (χ4v) is 25.9. The lowest BCUT2D eigenvalue weighted by Crippen LogP contribution is -2.10. The minimum Gasteiger partial charge on any atom is -0.455 e. The van der Waals surface area contributed by atoms with Crippen LogP contribution in [0.2, 0.25) is 0 Å². The third kappa shape index (κ3) is 16.7. The Morgan fingerprint density at radius 2 is 0.450 bits per heavy atom. The third-order valence-electron chi connectivity index (χ3n) is 29.2. The molecule has 25 aromatic carbocycles. The van der Waals surface area contributed by atoms with Crippen molar-refractivity contribution in [3.8, 4) is 89.0 Å². The molecule has 0 unspecified atom stereocenters. The number of nitrogens with zero attached hydrogens (tertiary/aromatic N) is 3. The summed E-state index contributed by atoms with van der Waals surface area (Å²) in [5.41, 5.74) is 31.1. The van der Waals surface area contributed by atoms with E-state index in [1.165, 1.54) is 181 Å². The Hall–Kier alpha value is -18.6. The minimum atomic E-state index is 0.914. The van der Waals surface area contributed by atoms with Crippen molar-refractivity contribution in [2.45, 2.75) is 0 Å². The zero-order valence-corrected chi connectivity index (χ0v) is 83.6. The summed E-state index contributed by atoms with van der Waals surface area (Å²) in [6.45, 7) is 0. The van der Waals surface area contributed by atoms with E-state index >= 15 is 0 Å². The van der Waals surface area contributed by atoms with Crippen molar-refractivity contribution >= 4 is 211 Å². The molecule has 29 aromatic rings. The predicted molar refractivity (Wildman–Crippen MR) is 643 cm³/mol. The number of furan rings is 1. The van der Waals surface area contributed by atoms with Crippen molar-refractivity contribution < 1.29 is 4.42 Å². The number of fused-ring (bicyclic) bond motifs is 19. The van der Waals surface area contributed by atoms with E-state index in [-0.39, 0.29) is 0 Å². The Morgan fingerprint density at radius 1 is 0.148 bits per heavy atom. The summed E-state index contributed by atoms with van der Waals surface area (Å²) in [7, 11) is 0. The molecule has 700 valence electrons. The van der Waals surface area contributed by atoms with Gasteiger partial charge in [-0.2, -0.15) is 0 Å². The van der Waals surface area contributed by atoms with Crippen LogP contribution in [-0.2, 0) is 0 Å². The topological polar surface area (TPSA) is 22.9 Å². The van der Waals surface area contributed by atoms with E-state index in [4.69, 9.17) is 4.42 Å². The molecule has 149 heavy (non-hydrogen) atoms. The lowest BCUT2D eigenvalue weighted by Gasteiger charge is -2.27. The number of benzene rings is 25. The number of para-hydroxylation sites is 4. The summed E-state index contributed by atoms with van der Waals surface area (Å²) in [4.78, 5) is 7.11. The Bertz CT molecular complexity index is 10000. The van der Waals surface area contributed by atoms with Crippen molar-refractivity contribution in [2.24, 2.45) is 0 Å². The summed E-state index contributed by atoms with van der Waals surface area (Å²) < 4.78 is 14.4. The van der Waals surface area contributed by atoms with E-state index in [9.17, 15) is 0 Å². The van der Waals surface area contributed by atoms with Gasteiger partial charge in [-0.1, -0.05) is 431 Å². The van der Waals surface area contributed by atoms with Crippen LogP contribution >= 0.6 is 34.0 Å². The van der Waals surface area contributed by atoms with Crippen LogP contribution < -0.4 is 14.7 Å². The summed E-state index contributed by atoms with van der Waals surface area (Å²) in [6, 6.07) is 204. The minimum absolute atomic E-state index is 0.914. The molecule has 4 aromatic heterocycles. The molecular weight excluding hydrogens is 1860 g/mol. The molecule has 0 amide bonds. The second-order valence-electron chi connectivity index (χ2n) is 37.9. The highest BCUT2D eigenvalue weighted by Gasteiger charge is 2.25. The lowest BCUT2D eigenvalue weighted by atomic mass is 9.95. The first kappa shape index (κ1) is 89.3. The van der Waals surface area contributed by atoms with Crippen molar-refractivity contribution in [1.82, 2.24) is 0 Å². The number of rotatable bonds is 17. The van der Waals surface area contributed by atoms with Gasteiger partial charge in [0.25, 0.3) is 0 Å². The van der Waals surface area contributed by atoms with Crippen LogP contribution in [0.15, 0.2) is 569 Å². The zero-order chi connectivity index (χ0) is 98.6. The first-order chi connectivity index (χ1) is 73.9. The molecule has 0 atom stereocenters. The summed E-state index contributed by atoms with van der Waals surface area (Å²) >= 11 is 5.68. The van der Waals surface area contributed by atoms with Crippen molar-refractivity contribution in [3.05, 3.63) is 564 Å². The highest BCUT2D eigenvalue weighted by molar-refractivity contribution is 7.27. The first-order valence-electron chi connectivity index (χ1n) is 50.7. The van der Waals surface area contributed by atoms with Crippen LogP contribution in [0.1, 0.15) is 0 Å². The van der Waals surface area contributed by atoms with Gasteiger partial charge in [0.2, 0.25) is 0 Å². The molecule has 0 N–H and O–H groups in total. The molecule has 4 nitrogen and oxygen atoms in total. The molecular formula is C142H93N3OS3. The SMILES string of the molecule is c1ccc(-c2ccc(N(c3ccccc3)c3ccc(-c4cccc5ccc6c7ccccc7sc6c45)cc3)c3ccccc23)cc1.c1ccc(-c2cccc(N(c3ccc(-c4cccc5ccc6c7ccccc7sc6c45)cc3)c3cc(-c4ccccc4)cc(-c4ccccc4)c3)c2)cc1.c1ccc(N(c2ccc(-c3cccc4c3oc3ccccc34)cc2)c2ccc(-c3cccc4ccc5c6ccccc6sc5c34)cc2)cc1. The number of hydrogen-bond donors (Lipinski definition) is 0. The Balaban J connectivity index is 0.000000110. The average molecular weight is 1950 g/mol. The Labute approximate surface area is 876 Å². The Morgan fingerprint density at radius 3 is 0.899 bits per heavy atom. The highest BCUT2D eigenvalue weighted by atomic mass is 32.1. The van der Waals surface area contributed by atoms with E-state index in [1.54, 1.807) is 0 Å². The molecule has 0 spiro atoms. The van der Waals surface area contributed by atoms with Crippen LogP contribution in [0, 0.1) is 0 Å². The normalized spacial score (nSPS) is 11.5. The number of thiophene rings is 3. The molecule has 0 radical (unpaired) electrons. The molecule has 0 aliphatic rings. The van der Waals surface area contributed by atoms with Gasteiger partial charge in [0.1, 0.15) is 11.2 Å². The van der Waals surface area contributed by atoms with E-state index < -0.39 is 0 Å². The fraction of sp³-hybridized carbons (Fsp3) is 0. The molecule has 0 bridgehead atoms. The molecule has 0 saturated carbocycles. The second kappa shape index (κ2) is 38.8. The average Bonchev–Trinajstić information content (AvgIpc) is 1.59. The van der Waals surface area contributed by atoms with Crippen molar-refractivity contribution in [1.29, 1.82) is 0 Å². The monoisotopic (exact) mass is 1950 g/mol. The number of anilines is 9. The second-order valence-corrected chi connectivity index (χ2v) is 41.1. The fourth-order valence-electron chi connectivity index (χ4n) is 22.1. The first-order valence-corrected chi connectivity index (χ1v) is 53.2. The Kier molecular flexibility index (Phi) is 23.3. The quantitative estimate of drug-likeness (QED) is 0.0906. The van der Waals surface area contributed by atoms with Gasteiger partial charge in [0.15, 0.2) is 0 Å². The standard InChI is InChI=1S/C52H35NS.C46H29NOS.C44H29NS/c1-4-14-36(15-5-1)41-21-12-22-45(33-41)53(46-34-42(37-16-6-2-7-17-37)32-43(35-46)38-18-8-3-9-19-38)44-29-26-39(27-30-44)47-24-13-20-40-28-31-49-48-23-10-11-25-50(48)54-52(49)51(40)47;1-2-11-33(12-3-1)47(35-27-22-31(23-28-35)37-16-9-17-40-38-13-4-6-18-42(38)48-45(37)40)34-25-20-30(21-26-34)36-15-8-10-32-24-29-41-39-14-5-7-19-43(39)49-46(41)44(32)36;1-3-12-30(13-4-1)35-28-29-41(38-18-8-7-17-37(35)38)45(33-15-5-2-6-16-33)34-25-22-31(23-26-34)36-20-11-14-32-24-27-40-39-19-9-10-21-42(39)46-44(40)43(32)36/h1-35H;1-29H;1-29H. The summed E-state index contributed by atoms with van der Waals surface area (Å²) in [5, 5.41) is 20.5. The van der Waals surface area contributed by atoms with Crippen molar-refractivity contribution in [2.75, 3.05) is 14.7 Å². The molecule has 4 heterocycles. The number of hydrogen-bond acceptors (Lipinski definition) is 7. The van der Waals surface area contributed by atoms with Gasteiger partial charge in [-0.15, -0.1) is 34.0 Å². The molecule has 29 rings (SSSR count). The van der Waals surface area contributed by atoms with E-state index in [2.05, 4.69) is 567 Å². The molecule has 0 aliphatic carbocycles. The van der Waals surface area contributed by atoms with Crippen LogP contribution in [0.25, 0.3) is 215 Å². The van der Waals surface area contributed by atoms with Gasteiger partial charge in [0, 0.05) is 144 Å².